The summed E-state index contributed by atoms with van der Waals surface area (Å²) in [4.78, 5) is 16.4. The number of anilines is 2. The number of aromatic nitrogens is 1. The van der Waals surface area contributed by atoms with Crippen LogP contribution in [0.2, 0.25) is 0 Å². The number of nitrogens with two attached hydrogens (primary N) is 1. The first-order valence-electron chi connectivity index (χ1n) is 5.99. The largest absolute Gasteiger partial charge is 0.323 e. The van der Waals surface area contributed by atoms with Gasteiger partial charge in [-0.1, -0.05) is 0 Å². The van der Waals surface area contributed by atoms with Crippen LogP contribution in [0.25, 0.3) is 0 Å². The third kappa shape index (κ3) is 3.37. The molecule has 7 heteroatoms. The van der Waals surface area contributed by atoms with Gasteiger partial charge in [-0.15, -0.1) is 0 Å². The number of hydrazine groups is 1. The fourth-order valence-corrected chi connectivity index (χ4v) is 2.21. The molecule has 1 amide bonds. The van der Waals surface area contributed by atoms with Gasteiger partial charge in [0.25, 0.3) is 5.91 Å². The van der Waals surface area contributed by atoms with Crippen LogP contribution >= 0.6 is 15.9 Å². The highest BCUT2D eigenvalue weighted by Crippen LogP contribution is 2.25. The molecular weight excluding hydrogens is 334 g/mol. The fraction of sp³-hybridized carbons (Fsp3) is 0.0714. The fourth-order valence-electron chi connectivity index (χ4n) is 1.74. The molecule has 1 aromatic carbocycles. The Balaban J connectivity index is 2.28. The van der Waals surface area contributed by atoms with E-state index in [2.05, 4.69) is 31.7 Å². The Kier molecular flexibility index (Phi) is 4.52. The summed E-state index contributed by atoms with van der Waals surface area (Å²) in [5.41, 5.74) is 5.11. The molecule has 0 fully saturated rings. The maximum Gasteiger partial charge on any atom is 0.259 e. The summed E-state index contributed by atoms with van der Waals surface area (Å²) in [5.74, 6) is 5.07. The van der Waals surface area contributed by atoms with Crippen molar-refractivity contribution in [2.24, 2.45) is 5.84 Å². The minimum absolute atomic E-state index is 0.333. The van der Waals surface area contributed by atoms with Crippen LogP contribution < -0.4 is 16.6 Å². The second-order valence-corrected chi connectivity index (χ2v) is 5.13. The molecule has 0 aliphatic carbocycles. The Labute approximate surface area is 130 Å². The number of nitrogen functional groups attached to an aromatic ring is 1. The molecular formula is C14H12BrN5O. The van der Waals surface area contributed by atoms with E-state index in [1.807, 2.05) is 6.07 Å². The Morgan fingerprint density at radius 2 is 2.14 bits per heavy atom. The monoisotopic (exact) mass is 345 g/mol. The number of pyridine rings is 1. The lowest BCUT2D eigenvalue weighted by Crippen LogP contribution is -2.18. The average Bonchev–Trinajstić information content (AvgIpc) is 2.48. The van der Waals surface area contributed by atoms with E-state index in [-0.39, 0.29) is 5.91 Å². The summed E-state index contributed by atoms with van der Waals surface area (Å²) in [5, 5.41) is 11.6. The lowest BCUT2D eigenvalue weighted by molar-refractivity contribution is 0.102. The quantitative estimate of drug-likeness (QED) is 0.585. The van der Waals surface area contributed by atoms with Crippen molar-refractivity contribution in [3.63, 3.8) is 0 Å². The van der Waals surface area contributed by atoms with Crippen LogP contribution in [0.1, 0.15) is 21.6 Å². The first-order valence-corrected chi connectivity index (χ1v) is 6.78. The lowest BCUT2D eigenvalue weighted by atomic mass is 10.2. The van der Waals surface area contributed by atoms with Crippen LogP contribution in [0.5, 0.6) is 0 Å². The number of carbonyl (C=O) groups excluding carboxylic acids is 1. The van der Waals surface area contributed by atoms with Gasteiger partial charge < -0.3 is 10.7 Å². The predicted molar refractivity (Wildman–Crippen MR) is 83.6 cm³/mol. The van der Waals surface area contributed by atoms with Crippen molar-refractivity contribution in [3.8, 4) is 6.07 Å². The summed E-state index contributed by atoms with van der Waals surface area (Å²) >= 11 is 3.31. The highest BCUT2D eigenvalue weighted by atomic mass is 79.9. The van der Waals surface area contributed by atoms with Gasteiger partial charge in [0, 0.05) is 16.4 Å². The number of amides is 1. The maximum atomic E-state index is 12.3. The molecule has 106 valence electrons. The third-order valence-corrected chi connectivity index (χ3v) is 3.44. The summed E-state index contributed by atoms with van der Waals surface area (Å²) in [6.07, 6.45) is 1.46. The molecule has 0 aliphatic heterocycles. The molecule has 0 aliphatic rings. The van der Waals surface area contributed by atoms with E-state index in [9.17, 15) is 4.79 Å². The van der Waals surface area contributed by atoms with E-state index in [1.165, 1.54) is 6.20 Å². The molecule has 21 heavy (non-hydrogen) atoms. The molecule has 1 heterocycles. The molecule has 4 N–H and O–H groups in total. The molecule has 0 saturated carbocycles. The highest BCUT2D eigenvalue weighted by molar-refractivity contribution is 9.10. The molecule has 0 saturated heterocycles. The summed E-state index contributed by atoms with van der Waals surface area (Å²) < 4.78 is 0.622. The summed E-state index contributed by atoms with van der Waals surface area (Å²) in [6.45, 7) is 1.81. The number of nitriles is 1. The van der Waals surface area contributed by atoms with Gasteiger partial charge in [0.15, 0.2) is 0 Å². The zero-order valence-electron chi connectivity index (χ0n) is 11.1. The predicted octanol–water partition coefficient (Wildman–Crippen LogP) is 2.56. The number of nitrogens with zero attached hydrogens (tertiary/aromatic N) is 2. The third-order valence-electron chi connectivity index (χ3n) is 2.79. The van der Waals surface area contributed by atoms with Crippen molar-refractivity contribution in [1.29, 1.82) is 5.26 Å². The molecule has 2 rings (SSSR count). The smallest absolute Gasteiger partial charge is 0.259 e. The summed E-state index contributed by atoms with van der Waals surface area (Å²) in [6, 6.07) is 8.61. The van der Waals surface area contributed by atoms with Crippen molar-refractivity contribution in [2.45, 2.75) is 6.92 Å². The molecule has 0 bridgehead atoms. The topological polar surface area (TPSA) is 104 Å². The van der Waals surface area contributed by atoms with Crippen molar-refractivity contribution in [3.05, 3.63) is 51.8 Å². The molecule has 0 atom stereocenters. The van der Waals surface area contributed by atoms with Gasteiger partial charge >= 0.3 is 0 Å². The minimum atomic E-state index is -0.346. The van der Waals surface area contributed by atoms with Crippen LogP contribution in [-0.4, -0.2) is 10.9 Å². The van der Waals surface area contributed by atoms with Gasteiger partial charge in [0.1, 0.15) is 0 Å². The van der Waals surface area contributed by atoms with E-state index in [4.69, 9.17) is 11.1 Å². The zero-order valence-corrected chi connectivity index (χ0v) is 12.7. The number of hydrogen-bond acceptors (Lipinski definition) is 5. The van der Waals surface area contributed by atoms with E-state index >= 15 is 0 Å². The van der Waals surface area contributed by atoms with Crippen molar-refractivity contribution >= 4 is 33.2 Å². The van der Waals surface area contributed by atoms with E-state index in [0.29, 0.717) is 27.0 Å². The molecule has 0 spiro atoms. The Bertz CT molecular complexity index is 739. The number of aryl methyl sites for hydroxylation is 1. The Morgan fingerprint density at radius 3 is 2.76 bits per heavy atom. The van der Waals surface area contributed by atoms with Crippen molar-refractivity contribution in [1.82, 2.24) is 4.98 Å². The molecule has 0 unspecified atom stereocenters. The van der Waals surface area contributed by atoms with Crippen LogP contribution in [0.4, 0.5) is 11.4 Å². The molecule has 0 radical (unpaired) electrons. The standard InChI is InChI=1S/C14H12BrN5O/c1-8-4-13(20-17)10(7-18-8)14(21)19-12-3-2-9(6-16)5-11(12)15/h2-5,7H,17H2,1H3,(H,18,20)(H,19,21). The zero-order chi connectivity index (χ0) is 15.4. The second-order valence-electron chi connectivity index (χ2n) is 4.28. The average molecular weight is 346 g/mol. The number of halogens is 1. The Hall–Kier alpha value is -2.43. The number of rotatable bonds is 3. The van der Waals surface area contributed by atoms with Gasteiger partial charge in [-0.05, 0) is 47.1 Å². The van der Waals surface area contributed by atoms with Crippen molar-refractivity contribution < 1.29 is 4.79 Å². The van der Waals surface area contributed by atoms with Gasteiger partial charge in [-0.2, -0.15) is 5.26 Å². The first-order chi connectivity index (χ1) is 10.0. The van der Waals surface area contributed by atoms with Gasteiger partial charge in [-0.3, -0.25) is 15.6 Å². The molecule has 6 nitrogen and oxygen atoms in total. The molecule has 1 aromatic heterocycles. The SMILES string of the molecule is Cc1cc(NN)c(C(=O)Nc2ccc(C#N)cc2Br)cn1. The van der Waals surface area contributed by atoms with E-state index in [0.717, 1.165) is 5.69 Å². The number of benzene rings is 1. The lowest BCUT2D eigenvalue weighted by Gasteiger charge is -2.11. The minimum Gasteiger partial charge on any atom is -0.323 e. The number of hydrogen-bond donors (Lipinski definition) is 3. The van der Waals surface area contributed by atoms with Crippen molar-refractivity contribution in [2.75, 3.05) is 10.7 Å². The van der Waals surface area contributed by atoms with Crippen LogP contribution in [0, 0.1) is 18.3 Å². The normalized spacial score (nSPS) is 9.81. The van der Waals surface area contributed by atoms with E-state index < -0.39 is 0 Å². The van der Waals surface area contributed by atoms with Crippen LogP contribution in [-0.2, 0) is 0 Å². The second kappa shape index (κ2) is 6.35. The van der Waals surface area contributed by atoms with Gasteiger partial charge in [0.05, 0.1) is 28.6 Å². The van der Waals surface area contributed by atoms with Gasteiger partial charge in [-0.25, -0.2) is 0 Å². The highest BCUT2D eigenvalue weighted by Gasteiger charge is 2.13. The summed E-state index contributed by atoms with van der Waals surface area (Å²) in [7, 11) is 0. The Morgan fingerprint density at radius 1 is 1.38 bits per heavy atom. The molecule has 2 aromatic rings. The number of nitrogens with one attached hydrogen (secondary N) is 2. The van der Waals surface area contributed by atoms with E-state index in [1.54, 1.807) is 31.2 Å². The number of carbonyl (C=O) groups is 1. The first kappa shape index (κ1) is 15.0. The van der Waals surface area contributed by atoms with Gasteiger partial charge in [0.2, 0.25) is 0 Å². The van der Waals surface area contributed by atoms with Crippen LogP contribution in [0.3, 0.4) is 0 Å². The maximum absolute atomic E-state index is 12.3. The van der Waals surface area contributed by atoms with Crippen LogP contribution in [0.15, 0.2) is 34.9 Å².